The highest BCUT2D eigenvalue weighted by molar-refractivity contribution is 8.15. The Morgan fingerprint density at radius 2 is 1.74 bits per heavy atom. The molecule has 1 N–H and O–H groups in total. The number of fused-ring (bicyclic) bond motifs is 3. The number of amidine groups is 2. The van der Waals surface area contributed by atoms with Crippen LogP contribution >= 0.6 is 11.8 Å². The fourth-order valence-electron chi connectivity index (χ4n) is 4.01. The molecule has 0 unspecified atom stereocenters. The Balaban J connectivity index is 1.44. The first-order chi connectivity index (χ1) is 16.4. The molecule has 2 aliphatic rings. The van der Waals surface area contributed by atoms with Crippen LogP contribution in [-0.4, -0.2) is 33.0 Å². The molecular weight excluding hydrogens is 444 g/mol. The molecule has 6 nitrogen and oxygen atoms in total. The third-order valence-corrected chi connectivity index (χ3v) is 7.15. The minimum atomic E-state index is -0.632. The van der Waals surface area contributed by atoms with E-state index in [0.29, 0.717) is 11.0 Å². The lowest BCUT2D eigenvalue weighted by molar-refractivity contribution is -0.124. The number of aryl methyl sites for hydroxylation is 1. The molecule has 2 amide bonds. The number of hydrogen-bond donors (Lipinski definition) is 1. The van der Waals surface area contributed by atoms with Gasteiger partial charge in [0.05, 0.1) is 10.9 Å². The minimum absolute atomic E-state index is 0.148. The summed E-state index contributed by atoms with van der Waals surface area (Å²) in [5.41, 5.74) is 5.32. The monoisotopic (exact) mass is 468 g/mol. The van der Waals surface area contributed by atoms with Crippen LogP contribution in [0, 0.1) is 13.8 Å². The van der Waals surface area contributed by atoms with E-state index >= 15 is 0 Å². The van der Waals surface area contributed by atoms with Gasteiger partial charge in [0.25, 0.3) is 5.91 Å². The van der Waals surface area contributed by atoms with Crippen LogP contribution in [0.25, 0.3) is 0 Å². The standard InChI is InChI=1S/C27H24N4O2S/c1-16-10-9-15-21(17(16)2)28-25(32)18(3)34-27-29-22-14-8-7-13-20(22)24-30-23(26(33)31(24)27)19-11-5-4-6-12-19/h4-15,18,23H,1-3H3,(H,28,32)/t18-,23+/m0/s1. The smallest absolute Gasteiger partial charge is 0.263 e. The Hall–Kier alpha value is -3.71. The number of rotatable bonds is 4. The first-order valence-electron chi connectivity index (χ1n) is 11.1. The fourth-order valence-corrected chi connectivity index (χ4v) is 4.93. The Kier molecular flexibility index (Phi) is 5.79. The van der Waals surface area contributed by atoms with E-state index < -0.39 is 11.3 Å². The summed E-state index contributed by atoms with van der Waals surface area (Å²) in [7, 11) is 0. The lowest BCUT2D eigenvalue weighted by Crippen LogP contribution is -2.41. The molecule has 5 rings (SSSR count). The molecular formula is C27H24N4O2S. The van der Waals surface area contributed by atoms with Gasteiger partial charge in [-0.1, -0.05) is 66.4 Å². The van der Waals surface area contributed by atoms with Crippen LogP contribution in [0.2, 0.25) is 0 Å². The molecule has 0 radical (unpaired) electrons. The minimum Gasteiger partial charge on any atom is -0.325 e. The van der Waals surface area contributed by atoms with Gasteiger partial charge >= 0.3 is 0 Å². The van der Waals surface area contributed by atoms with Gasteiger partial charge in [0.15, 0.2) is 11.2 Å². The highest BCUT2D eigenvalue weighted by atomic mass is 32.2. The second-order valence-electron chi connectivity index (χ2n) is 8.35. The average molecular weight is 469 g/mol. The van der Waals surface area contributed by atoms with Gasteiger partial charge in [0.1, 0.15) is 5.84 Å². The van der Waals surface area contributed by atoms with E-state index in [4.69, 9.17) is 9.98 Å². The predicted molar refractivity (Wildman–Crippen MR) is 138 cm³/mol. The van der Waals surface area contributed by atoms with E-state index in [9.17, 15) is 9.59 Å². The van der Waals surface area contributed by atoms with Gasteiger partial charge in [-0.15, -0.1) is 0 Å². The number of aliphatic imine (C=N–C) groups is 2. The van der Waals surface area contributed by atoms with E-state index in [0.717, 1.165) is 33.6 Å². The second kappa shape index (κ2) is 8.91. The number of anilines is 1. The van der Waals surface area contributed by atoms with Crippen LogP contribution < -0.4 is 5.32 Å². The molecule has 0 spiro atoms. The van der Waals surface area contributed by atoms with Crippen molar-refractivity contribution in [2.75, 3.05) is 5.32 Å². The Morgan fingerprint density at radius 3 is 2.53 bits per heavy atom. The van der Waals surface area contributed by atoms with Crippen LogP contribution in [0.5, 0.6) is 0 Å². The number of carbonyl (C=O) groups excluding carboxylic acids is 2. The molecule has 0 aliphatic carbocycles. The first kappa shape index (κ1) is 22.1. The molecule has 34 heavy (non-hydrogen) atoms. The number of nitrogens with zero attached hydrogens (tertiary/aromatic N) is 3. The molecule has 0 fully saturated rings. The van der Waals surface area contributed by atoms with Gasteiger partial charge in [0, 0.05) is 11.3 Å². The van der Waals surface area contributed by atoms with E-state index in [2.05, 4.69) is 5.32 Å². The quantitative estimate of drug-likeness (QED) is 0.558. The Labute approximate surface area is 202 Å². The maximum absolute atomic E-state index is 13.5. The van der Waals surface area contributed by atoms with Crippen LogP contribution in [0.3, 0.4) is 0 Å². The van der Waals surface area contributed by atoms with Crippen molar-refractivity contribution in [3.8, 4) is 0 Å². The molecule has 2 aliphatic heterocycles. The van der Waals surface area contributed by atoms with Crippen molar-refractivity contribution in [3.63, 3.8) is 0 Å². The number of carbonyl (C=O) groups is 2. The predicted octanol–water partition coefficient (Wildman–Crippen LogP) is 5.40. The summed E-state index contributed by atoms with van der Waals surface area (Å²) in [5.74, 6) is 0.267. The van der Waals surface area contributed by atoms with E-state index in [1.54, 1.807) is 4.90 Å². The van der Waals surface area contributed by atoms with Crippen LogP contribution in [-0.2, 0) is 9.59 Å². The van der Waals surface area contributed by atoms with Crippen molar-refractivity contribution in [3.05, 3.63) is 95.1 Å². The first-order valence-corrected chi connectivity index (χ1v) is 12.0. The maximum Gasteiger partial charge on any atom is 0.263 e. The molecule has 3 aromatic carbocycles. The number of benzene rings is 3. The lowest BCUT2D eigenvalue weighted by atomic mass is 10.1. The highest BCUT2D eigenvalue weighted by Gasteiger charge is 2.42. The van der Waals surface area contributed by atoms with Gasteiger partial charge in [-0.25, -0.2) is 14.9 Å². The zero-order chi connectivity index (χ0) is 23.8. The van der Waals surface area contributed by atoms with Crippen molar-refractivity contribution in [1.29, 1.82) is 0 Å². The largest absolute Gasteiger partial charge is 0.325 e. The molecule has 7 heteroatoms. The highest BCUT2D eigenvalue weighted by Crippen LogP contribution is 2.38. The number of amides is 2. The molecule has 3 aromatic rings. The Bertz CT molecular complexity index is 1350. The Morgan fingerprint density at radius 1 is 1.00 bits per heavy atom. The number of thioether (sulfide) groups is 1. The van der Waals surface area contributed by atoms with Crippen molar-refractivity contribution >= 4 is 46.0 Å². The zero-order valence-electron chi connectivity index (χ0n) is 19.1. The van der Waals surface area contributed by atoms with Gasteiger partial charge in [0.2, 0.25) is 5.91 Å². The second-order valence-corrected chi connectivity index (χ2v) is 9.66. The molecule has 0 saturated heterocycles. The maximum atomic E-state index is 13.5. The summed E-state index contributed by atoms with van der Waals surface area (Å²) in [5, 5.41) is 3.00. The van der Waals surface area contributed by atoms with Gasteiger partial charge in [-0.3, -0.25) is 9.59 Å². The van der Waals surface area contributed by atoms with E-state index in [1.165, 1.54) is 11.8 Å². The normalized spacial score (nSPS) is 17.4. The van der Waals surface area contributed by atoms with Gasteiger partial charge < -0.3 is 5.32 Å². The van der Waals surface area contributed by atoms with Crippen molar-refractivity contribution in [2.24, 2.45) is 9.98 Å². The van der Waals surface area contributed by atoms with Crippen molar-refractivity contribution in [1.82, 2.24) is 4.90 Å². The molecule has 0 saturated carbocycles. The van der Waals surface area contributed by atoms with Crippen molar-refractivity contribution in [2.45, 2.75) is 32.1 Å². The summed E-state index contributed by atoms with van der Waals surface area (Å²) in [6.07, 6.45) is 0. The summed E-state index contributed by atoms with van der Waals surface area (Å²) >= 11 is 1.26. The fraction of sp³-hybridized carbons (Fsp3) is 0.185. The number of para-hydroxylation sites is 1. The topological polar surface area (TPSA) is 74.1 Å². The van der Waals surface area contributed by atoms with Crippen LogP contribution in [0.15, 0.2) is 82.8 Å². The molecule has 2 atom stereocenters. The summed E-state index contributed by atoms with van der Waals surface area (Å²) in [4.78, 5) is 37.6. The average Bonchev–Trinajstić information content (AvgIpc) is 3.20. The third kappa shape index (κ3) is 3.92. The third-order valence-electron chi connectivity index (χ3n) is 6.10. The molecule has 170 valence electrons. The number of hydrogen-bond acceptors (Lipinski definition) is 5. The van der Waals surface area contributed by atoms with E-state index in [-0.39, 0.29) is 11.8 Å². The number of nitrogens with one attached hydrogen (secondary N) is 1. The molecule has 0 bridgehead atoms. The SMILES string of the molecule is Cc1cccc(NC(=O)[C@H](C)SC2=Nc3ccccc3C3=N[C@H](c4ccccc4)C(=O)N23)c1C. The zero-order valence-corrected chi connectivity index (χ0v) is 20.0. The van der Waals surface area contributed by atoms with Gasteiger partial charge in [-0.2, -0.15) is 0 Å². The summed E-state index contributed by atoms with van der Waals surface area (Å²) in [6, 6.07) is 22.4. The van der Waals surface area contributed by atoms with Crippen LogP contribution in [0.1, 0.15) is 35.2 Å². The van der Waals surface area contributed by atoms with E-state index in [1.807, 2.05) is 93.6 Å². The molecule has 2 heterocycles. The molecule has 0 aromatic heterocycles. The summed E-state index contributed by atoms with van der Waals surface area (Å²) < 4.78 is 0. The van der Waals surface area contributed by atoms with Crippen molar-refractivity contribution < 1.29 is 9.59 Å². The summed E-state index contributed by atoms with van der Waals surface area (Å²) in [6.45, 7) is 5.82. The lowest BCUT2D eigenvalue weighted by Gasteiger charge is -2.27. The van der Waals surface area contributed by atoms with Crippen LogP contribution in [0.4, 0.5) is 11.4 Å². The van der Waals surface area contributed by atoms with Gasteiger partial charge in [-0.05, 0) is 55.7 Å².